The molecule has 0 radical (unpaired) electrons. The van der Waals surface area contributed by atoms with Gasteiger partial charge in [-0.15, -0.1) is 0 Å². The lowest BCUT2D eigenvalue weighted by Gasteiger charge is -2.16. The molecule has 0 bridgehead atoms. The largest absolute Gasteiger partial charge is 0.476 e. The number of fused-ring (bicyclic) bond motifs is 1. The highest BCUT2D eigenvalue weighted by molar-refractivity contribution is 6.38. The van der Waals surface area contributed by atoms with Gasteiger partial charge in [-0.25, -0.2) is 0 Å². The highest BCUT2D eigenvalue weighted by atomic mass is 35.5. The maximum Gasteiger partial charge on any atom is 0.258 e. The normalized spacial score (nSPS) is 11.9. The molecule has 5 nitrogen and oxygen atoms in total. The molecule has 0 aliphatic rings. The maximum absolute atomic E-state index is 13.3. The van der Waals surface area contributed by atoms with Crippen LogP contribution in [0.3, 0.4) is 0 Å². The quantitative estimate of drug-likeness (QED) is 0.349. The van der Waals surface area contributed by atoms with Gasteiger partial charge in [-0.2, -0.15) is 0 Å². The average molecular weight is 482 g/mol. The summed E-state index contributed by atoms with van der Waals surface area (Å²) >= 11 is 12.4. The molecule has 1 aromatic heterocycles. The van der Waals surface area contributed by atoms with Crippen molar-refractivity contribution in [2.75, 3.05) is 6.61 Å². The second-order valence-electron chi connectivity index (χ2n) is 7.71. The molecule has 0 aliphatic carbocycles. The van der Waals surface area contributed by atoms with E-state index in [2.05, 4.69) is 5.32 Å². The summed E-state index contributed by atoms with van der Waals surface area (Å²) in [5.41, 5.74) is 2.37. The number of aryl methyl sites for hydroxylation is 1. The molecular formula is C26H21Cl2NO4. The number of nitrogens with one attached hydrogen (secondary N) is 1. The number of carbonyl (C=O) groups is 1. The van der Waals surface area contributed by atoms with Gasteiger partial charge in [-0.1, -0.05) is 83.4 Å². The van der Waals surface area contributed by atoms with Gasteiger partial charge < -0.3 is 14.5 Å². The van der Waals surface area contributed by atoms with E-state index in [4.69, 9.17) is 32.4 Å². The molecule has 4 aromatic rings. The van der Waals surface area contributed by atoms with Crippen molar-refractivity contribution in [3.8, 4) is 17.1 Å². The molecule has 1 heterocycles. The summed E-state index contributed by atoms with van der Waals surface area (Å²) in [5, 5.41) is 3.55. The predicted octanol–water partition coefficient (Wildman–Crippen LogP) is 6.33. The number of halogens is 2. The summed E-state index contributed by atoms with van der Waals surface area (Å²) in [6.45, 7) is 3.47. The molecule has 0 fully saturated rings. The number of rotatable bonds is 6. The van der Waals surface area contributed by atoms with Crippen LogP contribution in [0.15, 0.2) is 75.9 Å². The Morgan fingerprint density at radius 2 is 1.76 bits per heavy atom. The molecule has 1 atom stereocenters. The molecule has 7 heteroatoms. The SMILES string of the molecule is Cc1ccc(-c2oc3c(Cl)cc(Cl)cc3c(=O)c2OCC(=O)NC(C)c2ccccc2)cc1. The van der Waals surface area contributed by atoms with Crippen LogP contribution in [0, 0.1) is 6.92 Å². The van der Waals surface area contributed by atoms with E-state index >= 15 is 0 Å². The van der Waals surface area contributed by atoms with Gasteiger partial charge >= 0.3 is 0 Å². The van der Waals surface area contributed by atoms with Crippen molar-refractivity contribution in [1.29, 1.82) is 0 Å². The molecule has 3 aromatic carbocycles. The Labute approximate surface area is 200 Å². The fourth-order valence-corrected chi connectivity index (χ4v) is 4.01. The standard InChI is InChI=1S/C26H21Cl2NO4/c1-15-8-10-18(11-9-15)24-26(23(31)20-12-19(27)13-21(28)25(20)33-24)32-14-22(30)29-16(2)17-6-4-3-5-7-17/h3-13,16H,14H2,1-2H3,(H,29,30). The maximum atomic E-state index is 13.3. The number of hydrogen-bond acceptors (Lipinski definition) is 4. The monoisotopic (exact) mass is 481 g/mol. The van der Waals surface area contributed by atoms with Crippen LogP contribution in [-0.2, 0) is 4.79 Å². The third kappa shape index (κ3) is 5.05. The molecule has 1 N–H and O–H groups in total. The zero-order chi connectivity index (χ0) is 23.5. The van der Waals surface area contributed by atoms with Crippen molar-refractivity contribution in [2.45, 2.75) is 19.9 Å². The summed E-state index contributed by atoms with van der Waals surface area (Å²) in [5.74, 6) is -0.252. The number of carbonyl (C=O) groups excluding carboxylic acids is 1. The Bertz CT molecular complexity index is 1370. The van der Waals surface area contributed by atoms with Crippen LogP contribution >= 0.6 is 23.2 Å². The Morgan fingerprint density at radius 3 is 2.45 bits per heavy atom. The number of hydrogen-bond donors (Lipinski definition) is 1. The first-order chi connectivity index (χ1) is 15.8. The van der Waals surface area contributed by atoms with Crippen LogP contribution in [0.5, 0.6) is 5.75 Å². The van der Waals surface area contributed by atoms with Crippen LogP contribution < -0.4 is 15.5 Å². The highest BCUT2D eigenvalue weighted by Crippen LogP contribution is 2.35. The summed E-state index contributed by atoms with van der Waals surface area (Å²) in [7, 11) is 0. The predicted molar refractivity (Wildman–Crippen MR) is 131 cm³/mol. The van der Waals surface area contributed by atoms with E-state index in [1.807, 2.05) is 68.4 Å². The minimum atomic E-state index is -0.458. The first-order valence-corrected chi connectivity index (χ1v) is 11.1. The average Bonchev–Trinajstić information content (AvgIpc) is 2.80. The lowest BCUT2D eigenvalue weighted by Crippen LogP contribution is -2.32. The lowest BCUT2D eigenvalue weighted by molar-refractivity contribution is -0.123. The smallest absolute Gasteiger partial charge is 0.258 e. The van der Waals surface area contributed by atoms with Crippen LogP contribution in [0.4, 0.5) is 0 Å². The van der Waals surface area contributed by atoms with Gasteiger partial charge in [0.25, 0.3) is 5.91 Å². The Hall–Kier alpha value is -3.28. The Balaban J connectivity index is 1.68. The fourth-order valence-electron chi connectivity index (χ4n) is 3.48. The first-order valence-electron chi connectivity index (χ1n) is 10.3. The molecular weight excluding hydrogens is 461 g/mol. The first kappa shape index (κ1) is 22.9. The van der Waals surface area contributed by atoms with E-state index in [1.165, 1.54) is 12.1 Å². The van der Waals surface area contributed by atoms with Gasteiger partial charge in [0.1, 0.15) is 0 Å². The van der Waals surface area contributed by atoms with Crippen LogP contribution in [-0.4, -0.2) is 12.5 Å². The minimum Gasteiger partial charge on any atom is -0.476 e. The molecule has 0 aliphatic heterocycles. The second kappa shape index (κ2) is 9.69. The molecule has 0 spiro atoms. The van der Waals surface area contributed by atoms with Crippen molar-refractivity contribution in [3.05, 3.63) is 98.1 Å². The third-order valence-electron chi connectivity index (χ3n) is 5.21. The van der Waals surface area contributed by atoms with E-state index < -0.39 is 5.43 Å². The van der Waals surface area contributed by atoms with Gasteiger partial charge in [-0.3, -0.25) is 9.59 Å². The molecule has 33 heavy (non-hydrogen) atoms. The van der Waals surface area contributed by atoms with Gasteiger partial charge in [0.05, 0.1) is 16.5 Å². The zero-order valence-electron chi connectivity index (χ0n) is 18.0. The zero-order valence-corrected chi connectivity index (χ0v) is 19.5. The minimum absolute atomic E-state index is 0.0767. The molecule has 4 rings (SSSR count). The molecule has 1 unspecified atom stereocenters. The summed E-state index contributed by atoms with van der Waals surface area (Å²) in [4.78, 5) is 25.9. The van der Waals surface area contributed by atoms with E-state index in [-0.39, 0.29) is 46.1 Å². The van der Waals surface area contributed by atoms with Crippen LogP contribution in [0.2, 0.25) is 10.0 Å². The number of benzene rings is 3. The van der Waals surface area contributed by atoms with Crippen molar-refractivity contribution in [2.24, 2.45) is 0 Å². The topological polar surface area (TPSA) is 68.5 Å². The number of ether oxygens (including phenoxy) is 1. The van der Waals surface area contributed by atoms with E-state index in [0.29, 0.717) is 10.6 Å². The molecule has 168 valence electrons. The molecule has 0 saturated carbocycles. The summed E-state index contributed by atoms with van der Waals surface area (Å²) in [6.07, 6.45) is 0. The third-order valence-corrected chi connectivity index (χ3v) is 5.71. The van der Waals surface area contributed by atoms with Gasteiger partial charge in [0.15, 0.2) is 18.0 Å². The highest BCUT2D eigenvalue weighted by Gasteiger charge is 2.21. The summed E-state index contributed by atoms with van der Waals surface area (Å²) in [6, 6.07) is 19.7. The van der Waals surface area contributed by atoms with Crippen LogP contribution in [0.1, 0.15) is 24.1 Å². The van der Waals surface area contributed by atoms with Gasteiger partial charge in [0, 0.05) is 10.6 Å². The Kier molecular flexibility index (Phi) is 6.72. The second-order valence-corrected chi connectivity index (χ2v) is 8.55. The van der Waals surface area contributed by atoms with Crippen molar-refractivity contribution in [3.63, 3.8) is 0 Å². The molecule has 0 saturated heterocycles. The van der Waals surface area contributed by atoms with Crippen molar-refractivity contribution < 1.29 is 13.9 Å². The van der Waals surface area contributed by atoms with E-state index in [0.717, 1.165) is 11.1 Å². The van der Waals surface area contributed by atoms with E-state index in [9.17, 15) is 9.59 Å². The fraction of sp³-hybridized carbons (Fsp3) is 0.154. The van der Waals surface area contributed by atoms with E-state index in [1.54, 1.807) is 0 Å². The Morgan fingerprint density at radius 1 is 1.06 bits per heavy atom. The molecule has 1 amide bonds. The van der Waals surface area contributed by atoms with Crippen LogP contribution in [0.25, 0.3) is 22.3 Å². The summed E-state index contributed by atoms with van der Waals surface area (Å²) < 4.78 is 11.8. The van der Waals surface area contributed by atoms with Crippen molar-refractivity contribution >= 4 is 40.1 Å². The van der Waals surface area contributed by atoms with Gasteiger partial charge in [-0.05, 0) is 31.5 Å². The lowest BCUT2D eigenvalue weighted by atomic mass is 10.1. The van der Waals surface area contributed by atoms with Gasteiger partial charge in [0.2, 0.25) is 11.2 Å². The van der Waals surface area contributed by atoms with Crippen molar-refractivity contribution in [1.82, 2.24) is 5.32 Å². The number of amides is 1.